The summed E-state index contributed by atoms with van der Waals surface area (Å²) in [5, 5.41) is 3.03. The molecule has 0 saturated carbocycles. The summed E-state index contributed by atoms with van der Waals surface area (Å²) in [4.78, 5) is 10.8. The van der Waals surface area contributed by atoms with E-state index in [9.17, 15) is 4.79 Å². The van der Waals surface area contributed by atoms with E-state index in [1.807, 2.05) is 31.3 Å². The van der Waals surface area contributed by atoms with E-state index < -0.39 is 0 Å². The van der Waals surface area contributed by atoms with Gasteiger partial charge in [0.15, 0.2) is 0 Å². The van der Waals surface area contributed by atoms with Gasteiger partial charge in [-0.2, -0.15) is 0 Å². The lowest BCUT2D eigenvalue weighted by atomic mass is 10.1. The van der Waals surface area contributed by atoms with Crippen molar-refractivity contribution in [1.82, 2.24) is 0 Å². The van der Waals surface area contributed by atoms with Gasteiger partial charge in [-0.1, -0.05) is 12.1 Å². The highest BCUT2D eigenvalue weighted by atomic mass is 16.1. The Morgan fingerprint density at radius 1 is 1.50 bits per heavy atom. The summed E-state index contributed by atoms with van der Waals surface area (Å²) in [7, 11) is 1.87. The summed E-state index contributed by atoms with van der Waals surface area (Å²) in [6, 6.07) is 7.87. The molecule has 0 radical (unpaired) electrons. The summed E-state index contributed by atoms with van der Waals surface area (Å²) in [6.07, 6.45) is 0.523. The number of benzene rings is 1. The number of hydrogen-bond donors (Lipinski definition) is 1. The van der Waals surface area contributed by atoms with E-state index in [4.69, 9.17) is 0 Å². The normalized spacial score (nSPS) is 9.50. The molecule has 0 aliphatic rings. The molecule has 0 aromatic heterocycles. The molecule has 1 rings (SSSR count). The molecule has 0 bridgehead atoms. The second-order valence-corrected chi connectivity index (χ2v) is 2.83. The minimum atomic E-state index is 0.197. The number of ketones is 1. The third-order valence-electron chi connectivity index (χ3n) is 1.67. The predicted octanol–water partition coefficient (Wildman–Crippen LogP) is 1.86. The number of carbonyl (C=O) groups excluding carboxylic acids is 1. The highest BCUT2D eigenvalue weighted by Crippen LogP contribution is 2.10. The van der Waals surface area contributed by atoms with Gasteiger partial charge in [-0.05, 0) is 24.6 Å². The molecule has 1 N–H and O–H groups in total. The Kier molecular flexibility index (Phi) is 2.86. The molecular weight excluding hydrogens is 150 g/mol. The molecule has 0 heterocycles. The Hall–Kier alpha value is -1.31. The quantitative estimate of drug-likeness (QED) is 0.736. The van der Waals surface area contributed by atoms with Crippen LogP contribution in [0.4, 0.5) is 5.69 Å². The van der Waals surface area contributed by atoms with E-state index in [-0.39, 0.29) is 5.78 Å². The van der Waals surface area contributed by atoms with Crippen molar-refractivity contribution >= 4 is 11.5 Å². The van der Waals surface area contributed by atoms with Gasteiger partial charge in [-0.3, -0.25) is 4.79 Å². The van der Waals surface area contributed by atoms with E-state index >= 15 is 0 Å². The third-order valence-corrected chi connectivity index (χ3v) is 1.67. The molecule has 0 unspecified atom stereocenters. The maximum atomic E-state index is 10.8. The average Bonchev–Trinajstić information content (AvgIpc) is 2.03. The molecular formula is C10H13NO. The van der Waals surface area contributed by atoms with Crippen LogP contribution in [0.15, 0.2) is 24.3 Å². The fourth-order valence-corrected chi connectivity index (χ4v) is 1.12. The summed E-state index contributed by atoms with van der Waals surface area (Å²) in [5.74, 6) is 0.197. The Bertz CT molecular complexity index is 281. The number of carbonyl (C=O) groups is 1. The van der Waals surface area contributed by atoms with Crippen molar-refractivity contribution < 1.29 is 4.79 Å². The fraction of sp³-hybridized carbons (Fsp3) is 0.300. The van der Waals surface area contributed by atoms with Gasteiger partial charge < -0.3 is 5.32 Å². The first-order valence-corrected chi connectivity index (χ1v) is 3.98. The summed E-state index contributed by atoms with van der Waals surface area (Å²) in [5.41, 5.74) is 2.11. The average molecular weight is 163 g/mol. The largest absolute Gasteiger partial charge is 0.388 e. The van der Waals surface area contributed by atoms with Crippen molar-refractivity contribution in [2.75, 3.05) is 12.4 Å². The van der Waals surface area contributed by atoms with Crippen LogP contribution >= 0.6 is 0 Å². The minimum absolute atomic E-state index is 0.197. The van der Waals surface area contributed by atoms with Gasteiger partial charge in [0, 0.05) is 19.2 Å². The smallest absolute Gasteiger partial charge is 0.134 e. The summed E-state index contributed by atoms with van der Waals surface area (Å²) >= 11 is 0. The predicted molar refractivity (Wildman–Crippen MR) is 50.4 cm³/mol. The van der Waals surface area contributed by atoms with Crippen LogP contribution in [-0.2, 0) is 11.2 Å². The minimum Gasteiger partial charge on any atom is -0.388 e. The summed E-state index contributed by atoms with van der Waals surface area (Å²) in [6.45, 7) is 1.60. The number of Topliss-reactive ketones (excluding diaryl/α,β-unsaturated/α-hetero) is 1. The highest BCUT2D eigenvalue weighted by molar-refractivity contribution is 5.78. The van der Waals surface area contributed by atoms with Crippen LogP contribution < -0.4 is 5.32 Å². The monoisotopic (exact) mass is 163 g/mol. The van der Waals surface area contributed by atoms with E-state index in [1.54, 1.807) is 6.92 Å². The van der Waals surface area contributed by atoms with Gasteiger partial charge in [-0.25, -0.2) is 0 Å². The van der Waals surface area contributed by atoms with E-state index in [0.29, 0.717) is 6.42 Å². The maximum absolute atomic E-state index is 10.8. The summed E-state index contributed by atoms with van der Waals surface area (Å²) < 4.78 is 0. The van der Waals surface area contributed by atoms with Crippen LogP contribution in [0.2, 0.25) is 0 Å². The Balaban J connectivity index is 2.79. The first kappa shape index (κ1) is 8.78. The third kappa shape index (κ3) is 2.38. The van der Waals surface area contributed by atoms with Crippen LogP contribution in [0.5, 0.6) is 0 Å². The molecule has 2 nitrogen and oxygen atoms in total. The van der Waals surface area contributed by atoms with Crippen molar-refractivity contribution in [1.29, 1.82) is 0 Å². The maximum Gasteiger partial charge on any atom is 0.134 e. The van der Waals surface area contributed by atoms with Crippen LogP contribution in [0.25, 0.3) is 0 Å². The molecule has 1 aromatic carbocycles. The van der Waals surface area contributed by atoms with Crippen molar-refractivity contribution in [3.05, 3.63) is 29.8 Å². The molecule has 0 atom stereocenters. The number of rotatable bonds is 3. The zero-order valence-corrected chi connectivity index (χ0v) is 7.42. The van der Waals surface area contributed by atoms with E-state index in [1.165, 1.54) is 0 Å². The molecule has 0 fully saturated rings. The molecule has 0 aliphatic carbocycles. The molecule has 0 saturated heterocycles. The van der Waals surface area contributed by atoms with Crippen LogP contribution in [0.3, 0.4) is 0 Å². The van der Waals surface area contributed by atoms with Gasteiger partial charge in [0.05, 0.1) is 0 Å². The number of hydrogen-bond acceptors (Lipinski definition) is 2. The highest BCUT2D eigenvalue weighted by Gasteiger charge is 1.97. The Morgan fingerprint density at radius 3 is 2.83 bits per heavy atom. The van der Waals surface area contributed by atoms with Gasteiger partial charge in [0.2, 0.25) is 0 Å². The van der Waals surface area contributed by atoms with Crippen LogP contribution in [0.1, 0.15) is 12.5 Å². The van der Waals surface area contributed by atoms with E-state index in [2.05, 4.69) is 5.32 Å². The van der Waals surface area contributed by atoms with Crippen molar-refractivity contribution in [2.45, 2.75) is 13.3 Å². The standard InChI is InChI=1S/C10H13NO/c1-8(12)6-9-4-3-5-10(7-9)11-2/h3-5,7,11H,6H2,1-2H3. The SMILES string of the molecule is CNc1cccc(CC(C)=O)c1. The van der Waals surface area contributed by atoms with Gasteiger partial charge in [-0.15, -0.1) is 0 Å². The second-order valence-electron chi connectivity index (χ2n) is 2.83. The molecule has 0 aliphatic heterocycles. The van der Waals surface area contributed by atoms with Crippen molar-refractivity contribution in [3.63, 3.8) is 0 Å². The molecule has 64 valence electrons. The number of anilines is 1. The van der Waals surface area contributed by atoms with Crippen molar-refractivity contribution in [3.8, 4) is 0 Å². The second kappa shape index (κ2) is 3.90. The number of nitrogens with one attached hydrogen (secondary N) is 1. The first-order chi connectivity index (χ1) is 5.72. The van der Waals surface area contributed by atoms with Crippen LogP contribution in [-0.4, -0.2) is 12.8 Å². The van der Waals surface area contributed by atoms with Gasteiger partial charge >= 0.3 is 0 Å². The lowest BCUT2D eigenvalue weighted by Gasteiger charge is -2.02. The fourth-order valence-electron chi connectivity index (χ4n) is 1.12. The zero-order chi connectivity index (χ0) is 8.97. The Labute approximate surface area is 72.6 Å². The van der Waals surface area contributed by atoms with Gasteiger partial charge in [0.1, 0.15) is 5.78 Å². The lowest BCUT2D eigenvalue weighted by Crippen LogP contribution is -1.97. The van der Waals surface area contributed by atoms with Gasteiger partial charge in [0.25, 0.3) is 0 Å². The molecule has 0 spiro atoms. The Morgan fingerprint density at radius 2 is 2.25 bits per heavy atom. The molecule has 0 amide bonds. The molecule has 2 heteroatoms. The van der Waals surface area contributed by atoms with Crippen LogP contribution in [0, 0.1) is 0 Å². The lowest BCUT2D eigenvalue weighted by molar-refractivity contribution is -0.116. The van der Waals surface area contributed by atoms with E-state index in [0.717, 1.165) is 11.3 Å². The molecule has 12 heavy (non-hydrogen) atoms. The zero-order valence-electron chi connectivity index (χ0n) is 7.42. The first-order valence-electron chi connectivity index (χ1n) is 3.98. The topological polar surface area (TPSA) is 29.1 Å². The van der Waals surface area contributed by atoms with Crippen molar-refractivity contribution in [2.24, 2.45) is 0 Å². The molecule has 1 aromatic rings.